The maximum absolute atomic E-state index is 12.8. The molecule has 143 valence electrons. The van der Waals surface area contributed by atoms with Gasteiger partial charge in [0.15, 0.2) is 5.78 Å². The van der Waals surface area contributed by atoms with Crippen LogP contribution in [0.3, 0.4) is 0 Å². The Kier molecular flexibility index (Phi) is 5.60. The second kappa shape index (κ2) is 7.73. The Balaban J connectivity index is 1.62. The number of nitrogens with one attached hydrogen (secondary N) is 1. The number of Topliss-reactive ketones (excluding diaryl/α,β-unsaturated/α-hetero) is 1. The number of hydrogen-bond donors (Lipinski definition) is 2. The summed E-state index contributed by atoms with van der Waals surface area (Å²) in [5.74, 6) is -1.24. The predicted octanol–water partition coefficient (Wildman–Crippen LogP) is -0.775. The third kappa shape index (κ3) is 3.60. The molecule has 3 aliphatic heterocycles. The summed E-state index contributed by atoms with van der Waals surface area (Å²) in [6, 6.07) is -1.01. The Morgan fingerprint density at radius 1 is 1.27 bits per heavy atom. The molecule has 4 unspecified atom stereocenters. The highest BCUT2D eigenvalue weighted by atomic mass is 16.2. The molecular weight excluding hydrogens is 336 g/mol. The monoisotopic (exact) mass is 363 g/mol. The molecule has 3 fully saturated rings. The first-order valence-electron chi connectivity index (χ1n) is 9.40. The summed E-state index contributed by atoms with van der Waals surface area (Å²) in [4.78, 5) is 52.1. The Bertz CT molecular complexity index is 602. The maximum atomic E-state index is 12.8. The molecule has 3 aliphatic rings. The van der Waals surface area contributed by atoms with Gasteiger partial charge in [-0.15, -0.1) is 0 Å². The number of nitrogens with two attached hydrogens (primary N) is 1. The third-order valence-electron chi connectivity index (χ3n) is 5.73. The summed E-state index contributed by atoms with van der Waals surface area (Å²) in [5, 5.41) is 3.23. The first-order valence-corrected chi connectivity index (χ1v) is 9.40. The van der Waals surface area contributed by atoms with Gasteiger partial charge < -0.3 is 20.9 Å². The molecule has 4 atom stereocenters. The van der Waals surface area contributed by atoms with Crippen LogP contribution in [-0.2, 0) is 19.2 Å². The standard InChI is InChI=1S/C18H27N4O4/c1-11(17(19)25)5-6-15(24)21-9-7-13-16(21)14(23)10-22(13)18(26)12-4-2-3-8-20-12/h6,11-13,16,20H,2-5,7-10H2,1H3,(H2,19,25). The number of primary amides is 1. The highest BCUT2D eigenvalue weighted by Gasteiger charge is 2.51. The van der Waals surface area contributed by atoms with Crippen LogP contribution in [0.2, 0.25) is 0 Å². The van der Waals surface area contributed by atoms with E-state index in [4.69, 9.17) is 5.73 Å². The van der Waals surface area contributed by atoms with E-state index in [9.17, 15) is 19.2 Å². The fourth-order valence-electron chi connectivity index (χ4n) is 4.13. The van der Waals surface area contributed by atoms with Gasteiger partial charge in [0.25, 0.3) is 0 Å². The summed E-state index contributed by atoms with van der Waals surface area (Å²) in [6.45, 7) is 3.01. The van der Waals surface area contributed by atoms with Crippen LogP contribution in [0.15, 0.2) is 0 Å². The van der Waals surface area contributed by atoms with Crippen LogP contribution in [0.4, 0.5) is 0 Å². The van der Waals surface area contributed by atoms with Crippen molar-refractivity contribution < 1.29 is 19.2 Å². The zero-order valence-corrected chi connectivity index (χ0v) is 15.1. The average Bonchev–Trinajstić information content (AvgIpc) is 3.21. The molecule has 0 spiro atoms. The molecule has 0 aliphatic carbocycles. The average molecular weight is 363 g/mol. The number of ketones is 1. The Morgan fingerprint density at radius 3 is 2.69 bits per heavy atom. The zero-order valence-electron chi connectivity index (χ0n) is 15.1. The second-order valence-electron chi connectivity index (χ2n) is 7.51. The van der Waals surface area contributed by atoms with E-state index in [0.29, 0.717) is 13.0 Å². The van der Waals surface area contributed by atoms with E-state index in [1.165, 1.54) is 6.42 Å². The van der Waals surface area contributed by atoms with Gasteiger partial charge in [-0.1, -0.05) is 13.3 Å². The van der Waals surface area contributed by atoms with Crippen molar-refractivity contribution in [3.8, 4) is 0 Å². The highest BCUT2D eigenvalue weighted by Crippen LogP contribution is 2.31. The summed E-state index contributed by atoms with van der Waals surface area (Å²) in [5.41, 5.74) is 5.22. The molecule has 3 amide bonds. The fourth-order valence-corrected chi connectivity index (χ4v) is 4.13. The van der Waals surface area contributed by atoms with Crippen molar-refractivity contribution in [3.05, 3.63) is 6.42 Å². The minimum Gasteiger partial charge on any atom is -0.369 e. The Hall–Kier alpha value is -1.96. The van der Waals surface area contributed by atoms with E-state index in [1.807, 2.05) is 0 Å². The minimum atomic E-state index is -0.560. The van der Waals surface area contributed by atoms with E-state index < -0.39 is 17.9 Å². The number of likely N-dealkylation sites (tertiary alicyclic amines) is 2. The van der Waals surface area contributed by atoms with E-state index in [2.05, 4.69) is 5.32 Å². The molecule has 0 aromatic carbocycles. The van der Waals surface area contributed by atoms with Gasteiger partial charge in [0.05, 0.1) is 25.0 Å². The van der Waals surface area contributed by atoms with Crippen molar-refractivity contribution in [1.82, 2.24) is 15.1 Å². The van der Waals surface area contributed by atoms with Crippen molar-refractivity contribution in [1.29, 1.82) is 0 Å². The molecule has 3 N–H and O–H groups in total. The number of hydrogen-bond acceptors (Lipinski definition) is 5. The molecule has 3 rings (SSSR count). The van der Waals surface area contributed by atoms with Crippen LogP contribution < -0.4 is 11.1 Å². The van der Waals surface area contributed by atoms with Crippen LogP contribution in [0.5, 0.6) is 0 Å². The lowest BCUT2D eigenvalue weighted by atomic mass is 10.0. The molecule has 0 aromatic rings. The first-order chi connectivity index (χ1) is 12.4. The second-order valence-corrected chi connectivity index (χ2v) is 7.51. The summed E-state index contributed by atoms with van der Waals surface area (Å²) >= 11 is 0. The van der Waals surface area contributed by atoms with E-state index in [-0.39, 0.29) is 42.6 Å². The van der Waals surface area contributed by atoms with Crippen LogP contribution >= 0.6 is 0 Å². The lowest BCUT2D eigenvalue weighted by molar-refractivity contribution is -0.135. The third-order valence-corrected chi connectivity index (χ3v) is 5.73. The maximum Gasteiger partial charge on any atom is 0.240 e. The molecule has 3 saturated heterocycles. The van der Waals surface area contributed by atoms with Gasteiger partial charge in [-0.25, -0.2) is 0 Å². The number of fused-ring (bicyclic) bond motifs is 1. The smallest absolute Gasteiger partial charge is 0.240 e. The van der Waals surface area contributed by atoms with Gasteiger partial charge in [0, 0.05) is 12.5 Å². The first kappa shape index (κ1) is 18.8. The van der Waals surface area contributed by atoms with Gasteiger partial charge in [0.1, 0.15) is 6.04 Å². The molecule has 0 saturated carbocycles. The molecular formula is C18H27N4O4. The van der Waals surface area contributed by atoms with Crippen LogP contribution in [0.25, 0.3) is 0 Å². The Morgan fingerprint density at radius 2 is 2.04 bits per heavy atom. The van der Waals surface area contributed by atoms with Gasteiger partial charge in [-0.05, 0) is 32.2 Å². The van der Waals surface area contributed by atoms with Gasteiger partial charge in [-0.3, -0.25) is 19.2 Å². The Labute approximate surface area is 153 Å². The van der Waals surface area contributed by atoms with Crippen molar-refractivity contribution in [3.63, 3.8) is 0 Å². The van der Waals surface area contributed by atoms with Crippen molar-refractivity contribution in [2.75, 3.05) is 19.6 Å². The number of rotatable bonds is 5. The normalized spacial score (nSPS) is 29.6. The molecule has 0 aromatic heterocycles. The topological polar surface area (TPSA) is 113 Å². The van der Waals surface area contributed by atoms with E-state index in [1.54, 1.807) is 16.7 Å². The van der Waals surface area contributed by atoms with Crippen LogP contribution in [-0.4, -0.2) is 71.1 Å². The number of piperidine rings is 1. The molecule has 26 heavy (non-hydrogen) atoms. The number of carbonyl (C=O) groups excluding carboxylic acids is 4. The summed E-state index contributed by atoms with van der Waals surface area (Å²) in [7, 11) is 0. The SMILES string of the molecule is CC(C[CH]C(=O)N1CCC2C1C(=O)CN2C(=O)C1CCCCN1)C(N)=O. The number of carbonyl (C=O) groups is 4. The number of nitrogens with zero attached hydrogens (tertiary/aromatic N) is 2. The van der Waals surface area contributed by atoms with Crippen molar-refractivity contribution >= 4 is 23.5 Å². The predicted molar refractivity (Wildman–Crippen MR) is 93.5 cm³/mol. The molecule has 8 heteroatoms. The molecule has 0 bridgehead atoms. The molecule has 1 radical (unpaired) electrons. The van der Waals surface area contributed by atoms with E-state index in [0.717, 1.165) is 25.8 Å². The van der Waals surface area contributed by atoms with Crippen molar-refractivity contribution in [2.24, 2.45) is 11.7 Å². The van der Waals surface area contributed by atoms with Crippen molar-refractivity contribution in [2.45, 2.75) is 57.2 Å². The highest BCUT2D eigenvalue weighted by molar-refractivity contribution is 5.99. The lowest BCUT2D eigenvalue weighted by Crippen LogP contribution is -2.51. The zero-order chi connectivity index (χ0) is 18.8. The largest absolute Gasteiger partial charge is 0.369 e. The van der Waals surface area contributed by atoms with Gasteiger partial charge in [0.2, 0.25) is 17.7 Å². The van der Waals surface area contributed by atoms with E-state index >= 15 is 0 Å². The summed E-state index contributed by atoms with van der Waals surface area (Å²) in [6.07, 6.45) is 5.17. The molecule has 3 heterocycles. The fraction of sp³-hybridized carbons (Fsp3) is 0.722. The van der Waals surface area contributed by atoms with Gasteiger partial charge in [-0.2, -0.15) is 0 Å². The van der Waals surface area contributed by atoms with Gasteiger partial charge >= 0.3 is 0 Å². The van der Waals surface area contributed by atoms with Crippen LogP contribution in [0, 0.1) is 12.3 Å². The quantitative estimate of drug-likeness (QED) is 0.666. The summed E-state index contributed by atoms with van der Waals surface area (Å²) < 4.78 is 0. The van der Waals surface area contributed by atoms with Crippen LogP contribution in [0.1, 0.15) is 39.0 Å². The lowest BCUT2D eigenvalue weighted by Gasteiger charge is -2.30. The minimum absolute atomic E-state index is 0.0221. The molecule has 8 nitrogen and oxygen atoms in total. The number of amides is 3.